The Kier molecular flexibility index (Phi) is 9.83. The minimum absolute atomic E-state index is 0.104. The Morgan fingerprint density at radius 2 is 1.58 bits per heavy atom. The van der Waals surface area contributed by atoms with Crippen LogP contribution in [-0.2, 0) is 41.4 Å². The fourth-order valence-electron chi connectivity index (χ4n) is 8.13. The third-order valence-corrected chi connectivity index (χ3v) is 11.5. The lowest BCUT2D eigenvalue weighted by atomic mass is 9.86. The van der Waals surface area contributed by atoms with Crippen molar-refractivity contribution >= 4 is 49.2 Å². The van der Waals surface area contributed by atoms with E-state index in [2.05, 4.69) is 72.0 Å². The van der Waals surface area contributed by atoms with Crippen molar-refractivity contribution in [1.29, 1.82) is 0 Å². The molecular formula is C46H46N4O7. The molecule has 0 saturated carbocycles. The minimum atomic E-state index is -1.84. The summed E-state index contributed by atoms with van der Waals surface area (Å²) in [7, 11) is 3.86. The summed E-state index contributed by atoms with van der Waals surface area (Å²) in [6, 6.07) is 30.5. The number of carbonyl (C=O) groups excluding carboxylic acids is 1. The number of aliphatic hydroxyl groups is 3. The molecule has 11 heteroatoms. The number of phenols is 1. The van der Waals surface area contributed by atoms with Gasteiger partial charge in [0.2, 0.25) is 0 Å². The molecule has 0 aliphatic carbocycles. The van der Waals surface area contributed by atoms with E-state index in [0.29, 0.717) is 47.7 Å². The summed E-state index contributed by atoms with van der Waals surface area (Å²) in [4.78, 5) is 32.3. The van der Waals surface area contributed by atoms with E-state index in [1.54, 1.807) is 29.7 Å². The monoisotopic (exact) mass is 766 g/mol. The van der Waals surface area contributed by atoms with Gasteiger partial charge in [-0.25, -0.2) is 9.78 Å². The van der Waals surface area contributed by atoms with E-state index in [1.807, 2.05) is 32.0 Å². The topological polar surface area (TPSA) is 157 Å². The second kappa shape index (κ2) is 14.7. The third-order valence-electron chi connectivity index (χ3n) is 11.5. The van der Waals surface area contributed by atoms with E-state index in [4.69, 9.17) is 9.72 Å². The molecule has 4 heterocycles. The zero-order valence-corrected chi connectivity index (χ0v) is 32.5. The van der Waals surface area contributed by atoms with Crippen molar-refractivity contribution in [2.45, 2.75) is 57.6 Å². The van der Waals surface area contributed by atoms with Gasteiger partial charge in [-0.3, -0.25) is 4.79 Å². The number of ether oxygens (including phenoxy) is 1. The number of phenolic OH excluding ortho intramolecular Hbond substituents is 1. The summed E-state index contributed by atoms with van der Waals surface area (Å²) < 4.78 is 6.71. The molecule has 1 atom stereocenters. The van der Waals surface area contributed by atoms with Gasteiger partial charge in [0.25, 0.3) is 5.56 Å². The molecule has 5 N–H and O–H groups in total. The maximum absolute atomic E-state index is 13.2. The fraction of sp³-hybridized carbons (Fsp3) is 0.283. The van der Waals surface area contributed by atoms with Gasteiger partial charge in [0.05, 0.1) is 47.8 Å². The summed E-state index contributed by atoms with van der Waals surface area (Å²) in [6.07, 6.45) is 0.104. The molecule has 0 fully saturated rings. The molecule has 0 amide bonds. The Hall–Kier alpha value is -5.69. The van der Waals surface area contributed by atoms with Crippen LogP contribution in [0.15, 0.2) is 95.8 Å². The van der Waals surface area contributed by atoms with Crippen LogP contribution in [-0.4, -0.2) is 73.7 Å². The molecule has 0 unspecified atom stereocenters. The van der Waals surface area contributed by atoms with Crippen LogP contribution >= 0.6 is 0 Å². The third kappa shape index (κ3) is 6.51. The number of benzene rings is 5. The lowest BCUT2D eigenvalue weighted by molar-refractivity contribution is -0.172. The van der Waals surface area contributed by atoms with Gasteiger partial charge in [-0.15, -0.1) is 0 Å². The van der Waals surface area contributed by atoms with E-state index in [0.717, 1.165) is 22.1 Å². The Morgan fingerprint density at radius 1 is 0.877 bits per heavy atom. The summed E-state index contributed by atoms with van der Waals surface area (Å²) in [6.45, 7) is 4.59. The number of hydrogen-bond acceptors (Lipinski definition) is 10. The maximum Gasteiger partial charge on any atom is 0.343 e. The Morgan fingerprint density at radius 3 is 2.30 bits per heavy atom. The molecule has 0 radical (unpaired) electrons. The van der Waals surface area contributed by atoms with E-state index in [-0.39, 0.29) is 37.6 Å². The van der Waals surface area contributed by atoms with Crippen molar-refractivity contribution in [2.24, 2.45) is 0 Å². The molecule has 57 heavy (non-hydrogen) atoms. The van der Waals surface area contributed by atoms with Crippen LogP contribution in [0.5, 0.6) is 5.75 Å². The molecule has 7 aromatic rings. The van der Waals surface area contributed by atoms with E-state index in [1.165, 1.54) is 32.3 Å². The first-order valence-electron chi connectivity index (χ1n) is 19.1. The maximum atomic E-state index is 13.2. The van der Waals surface area contributed by atoms with Crippen molar-refractivity contribution in [3.8, 4) is 17.1 Å². The van der Waals surface area contributed by atoms with Crippen LogP contribution in [0.2, 0.25) is 0 Å². The van der Waals surface area contributed by atoms with Gasteiger partial charge >= 0.3 is 5.97 Å². The second-order valence-corrected chi connectivity index (χ2v) is 15.7. The quantitative estimate of drug-likeness (QED) is 0.0943. The number of pyridine rings is 2. The number of aromatic hydroxyl groups is 1. The van der Waals surface area contributed by atoms with E-state index >= 15 is 0 Å². The van der Waals surface area contributed by atoms with Crippen LogP contribution < -0.4 is 10.9 Å². The molecule has 5 aromatic carbocycles. The highest BCUT2D eigenvalue weighted by molar-refractivity contribution is 6.18. The molecule has 9 rings (SSSR count). The highest BCUT2D eigenvalue weighted by Crippen LogP contribution is 2.40. The SMILES string of the molecule is CC(CO)(CO)NCc1cc2c3ccccc3ccc2c2ccccc12.CC[C@@]1(O)C(=O)OCc2c1cc1n(c2=O)Cc2cc3c(CN(C)C)c(O)ccc3nc2-1. The smallest absolute Gasteiger partial charge is 0.343 e. The predicted octanol–water partition coefficient (Wildman–Crippen LogP) is 5.83. The Labute approximate surface area is 329 Å². The van der Waals surface area contributed by atoms with E-state index in [9.17, 15) is 30.0 Å². The number of hydrogen-bond donors (Lipinski definition) is 5. The predicted molar refractivity (Wildman–Crippen MR) is 222 cm³/mol. The highest BCUT2D eigenvalue weighted by atomic mass is 16.6. The number of cyclic esters (lactones) is 1. The second-order valence-electron chi connectivity index (χ2n) is 15.7. The van der Waals surface area contributed by atoms with E-state index < -0.39 is 17.1 Å². The number of nitrogens with zero attached hydrogens (tertiary/aromatic N) is 3. The molecular weight excluding hydrogens is 721 g/mol. The lowest BCUT2D eigenvalue weighted by Gasteiger charge is -2.31. The van der Waals surface area contributed by atoms with Gasteiger partial charge in [-0.2, -0.15) is 0 Å². The van der Waals surface area contributed by atoms with Gasteiger partial charge in [-0.1, -0.05) is 67.6 Å². The van der Waals surface area contributed by atoms with Gasteiger partial charge in [-0.05, 0) is 95.7 Å². The fourth-order valence-corrected chi connectivity index (χ4v) is 8.13. The minimum Gasteiger partial charge on any atom is -0.508 e. The van der Waals surface area contributed by atoms with Gasteiger partial charge in [0, 0.05) is 35.2 Å². The van der Waals surface area contributed by atoms with Crippen LogP contribution in [0.25, 0.3) is 54.6 Å². The van der Waals surface area contributed by atoms with Crippen molar-refractivity contribution in [1.82, 2.24) is 19.8 Å². The first-order chi connectivity index (χ1) is 27.4. The number of nitrogens with one attached hydrogen (secondary N) is 1. The highest BCUT2D eigenvalue weighted by Gasteiger charge is 2.45. The van der Waals surface area contributed by atoms with Gasteiger partial charge < -0.3 is 39.9 Å². The molecule has 0 saturated heterocycles. The van der Waals surface area contributed by atoms with Crippen molar-refractivity contribution in [2.75, 3.05) is 27.3 Å². The normalized spacial score (nSPS) is 16.1. The lowest BCUT2D eigenvalue weighted by Crippen LogP contribution is -2.48. The molecule has 0 bridgehead atoms. The molecule has 2 aromatic heterocycles. The summed E-state index contributed by atoms with van der Waals surface area (Å²) in [5.74, 6) is -0.532. The van der Waals surface area contributed by atoms with Crippen LogP contribution in [0.3, 0.4) is 0 Å². The van der Waals surface area contributed by atoms with Gasteiger partial charge in [0.15, 0.2) is 5.60 Å². The first-order valence-corrected chi connectivity index (χ1v) is 19.1. The average molecular weight is 767 g/mol. The number of aromatic nitrogens is 2. The molecule has 2 aliphatic rings. The number of rotatable bonds is 8. The number of aliphatic hydroxyl groups excluding tert-OH is 2. The summed E-state index contributed by atoms with van der Waals surface area (Å²) >= 11 is 0. The summed E-state index contributed by atoms with van der Waals surface area (Å²) in [5.41, 5.74) is 2.49. The number of carbonyl (C=O) groups is 1. The van der Waals surface area contributed by atoms with Crippen molar-refractivity contribution in [3.63, 3.8) is 0 Å². The molecule has 2 aliphatic heterocycles. The number of esters is 1. The van der Waals surface area contributed by atoms with Crippen molar-refractivity contribution in [3.05, 3.63) is 129 Å². The van der Waals surface area contributed by atoms with Crippen LogP contribution in [0.1, 0.15) is 48.1 Å². The number of fused-ring (bicyclic) bond motifs is 10. The molecule has 0 spiro atoms. The zero-order valence-electron chi connectivity index (χ0n) is 32.5. The van der Waals surface area contributed by atoms with Crippen LogP contribution in [0, 0.1) is 0 Å². The van der Waals surface area contributed by atoms with Crippen LogP contribution in [0.4, 0.5) is 0 Å². The standard InChI is InChI=1S/C23H23N3O5.C23H23NO2/c1-4-23(30)16-8-18-20-12(9-26(18)21(28)15(16)11-31-22(23)29)7-13-14(10-25(2)3)19(27)6-5-17(13)24-20;1-23(14-25,15-26)24-13-17-12-22-18-7-3-2-6-16(18)10-11-21(22)20-9-5-4-8-19(17)20/h5-8,27,30H,4,9-11H2,1-3H3;2-12,24-26H,13-15H2,1H3/t23-;/m0./s1. The largest absolute Gasteiger partial charge is 0.508 e. The first kappa shape index (κ1) is 38.2. The Balaban J connectivity index is 0.000000162. The van der Waals surface area contributed by atoms with Crippen molar-refractivity contribution < 1.29 is 30.0 Å². The molecule has 292 valence electrons. The summed E-state index contributed by atoms with van der Waals surface area (Å²) in [5, 5.41) is 52.0. The van der Waals surface area contributed by atoms with Gasteiger partial charge in [0.1, 0.15) is 12.4 Å². The zero-order chi connectivity index (χ0) is 40.2. The Bertz CT molecular complexity index is 2790. The average Bonchev–Trinajstić information content (AvgIpc) is 3.59. The molecule has 11 nitrogen and oxygen atoms in total.